The maximum absolute atomic E-state index is 13.1. The highest BCUT2D eigenvalue weighted by Crippen LogP contribution is 2.42. The summed E-state index contributed by atoms with van der Waals surface area (Å²) in [7, 11) is 1.59. The summed E-state index contributed by atoms with van der Waals surface area (Å²) < 4.78 is 43.4. The number of thioether (sulfide) groups is 1. The van der Waals surface area contributed by atoms with Crippen LogP contribution in [0.5, 0.6) is 0 Å². The van der Waals surface area contributed by atoms with E-state index in [-0.39, 0.29) is 11.8 Å². The molecule has 11 heteroatoms. The van der Waals surface area contributed by atoms with Crippen LogP contribution >= 0.6 is 11.8 Å². The fourth-order valence-corrected chi connectivity index (χ4v) is 5.03. The van der Waals surface area contributed by atoms with Crippen LogP contribution in [0.15, 0.2) is 52.3 Å². The summed E-state index contributed by atoms with van der Waals surface area (Å²) in [6.07, 6.45) is -3.27. The lowest BCUT2D eigenvalue weighted by atomic mass is 10.1. The van der Waals surface area contributed by atoms with Gasteiger partial charge in [0.15, 0.2) is 0 Å². The first-order valence-corrected chi connectivity index (χ1v) is 12.1. The van der Waals surface area contributed by atoms with E-state index >= 15 is 0 Å². The van der Waals surface area contributed by atoms with E-state index in [1.54, 1.807) is 48.0 Å². The van der Waals surface area contributed by atoms with Gasteiger partial charge in [0, 0.05) is 43.7 Å². The number of benzene rings is 2. The van der Waals surface area contributed by atoms with E-state index in [1.165, 1.54) is 28.8 Å². The third-order valence-electron chi connectivity index (χ3n) is 5.93. The molecule has 0 aromatic heterocycles. The normalized spacial score (nSPS) is 17.3. The predicted octanol–water partition coefficient (Wildman–Crippen LogP) is 4.73. The third kappa shape index (κ3) is 5.35. The van der Waals surface area contributed by atoms with Gasteiger partial charge in [-0.3, -0.25) is 9.59 Å². The standard InChI is InChI=1S/C25H24F3N3O4S/c1-3-35-24(34)31-12-10-30(11-13-31)22(32)17-6-9-20-19(15-17)29(2)23(33)21(36-20)14-16-4-7-18(8-5-16)25(26,27)28/h4-9,14-15H,3,10-13H2,1-2H3/b21-14-. The number of ether oxygens (including phenoxy) is 1. The number of hydrogen-bond donors (Lipinski definition) is 0. The van der Waals surface area contributed by atoms with Gasteiger partial charge in [0.2, 0.25) is 0 Å². The average Bonchev–Trinajstić information content (AvgIpc) is 2.86. The first-order valence-electron chi connectivity index (χ1n) is 11.3. The zero-order valence-electron chi connectivity index (χ0n) is 19.7. The SMILES string of the molecule is CCOC(=O)N1CCN(C(=O)c2ccc3c(c2)N(C)C(=O)/C(=C/c2ccc(C(F)(F)F)cc2)S3)CC1. The summed E-state index contributed by atoms with van der Waals surface area (Å²) >= 11 is 1.20. The molecular weight excluding hydrogens is 495 g/mol. The van der Waals surface area contributed by atoms with Crippen LogP contribution in [0, 0.1) is 0 Å². The molecule has 2 aliphatic rings. The highest BCUT2D eigenvalue weighted by Gasteiger charge is 2.31. The Labute approximate surface area is 210 Å². The first kappa shape index (κ1) is 25.6. The smallest absolute Gasteiger partial charge is 0.416 e. The minimum Gasteiger partial charge on any atom is -0.450 e. The van der Waals surface area contributed by atoms with Gasteiger partial charge in [-0.25, -0.2) is 4.79 Å². The molecule has 2 aromatic rings. The Bertz CT molecular complexity index is 1210. The van der Waals surface area contributed by atoms with E-state index in [9.17, 15) is 27.6 Å². The fourth-order valence-electron chi connectivity index (χ4n) is 3.94. The van der Waals surface area contributed by atoms with E-state index in [4.69, 9.17) is 4.74 Å². The van der Waals surface area contributed by atoms with E-state index in [0.717, 1.165) is 17.0 Å². The maximum atomic E-state index is 13.1. The number of halogens is 3. The number of amides is 3. The lowest BCUT2D eigenvalue weighted by Gasteiger charge is -2.34. The molecule has 1 saturated heterocycles. The Morgan fingerprint density at radius 3 is 2.28 bits per heavy atom. The number of alkyl halides is 3. The summed E-state index contributed by atoms with van der Waals surface area (Å²) in [5, 5.41) is 0. The van der Waals surface area contributed by atoms with Crippen LogP contribution in [0.2, 0.25) is 0 Å². The molecular formula is C25H24F3N3O4S. The van der Waals surface area contributed by atoms with Gasteiger partial charge in [0.25, 0.3) is 11.8 Å². The number of fused-ring (bicyclic) bond motifs is 1. The molecule has 2 aromatic carbocycles. The second-order valence-corrected chi connectivity index (χ2v) is 9.34. The highest BCUT2D eigenvalue weighted by atomic mass is 32.2. The zero-order valence-corrected chi connectivity index (χ0v) is 20.5. The number of carbonyl (C=O) groups is 3. The van der Waals surface area contributed by atoms with Gasteiger partial charge in [0.1, 0.15) is 0 Å². The minimum atomic E-state index is -4.43. The van der Waals surface area contributed by atoms with Gasteiger partial charge in [-0.2, -0.15) is 13.2 Å². The van der Waals surface area contributed by atoms with Gasteiger partial charge in [-0.05, 0) is 48.9 Å². The van der Waals surface area contributed by atoms with Crippen molar-refractivity contribution in [3.8, 4) is 0 Å². The van der Waals surface area contributed by atoms with Gasteiger partial charge >= 0.3 is 12.3 Å². The molecule has 3 amide bonds. The summed E-state index contributed by atoms with van der Waals surface area (Å²) in [4.78, 5) is 43.7. The Morgan fingerprint density at radius 2 is 1.67 bits per heavy atom. The molecule has 0 saturated carbocycles. The Morgan fingerprint density at radius 1 is 1.03 bits per heavy atom. The molecule has 2 aliphatic heterocycles. The zero-order chi connectivity index (χ0) is 26.0. The summed E-state index contributed by atoms with van der Waals surface area (Å²) in [5.41, 5.74) is 0.720. The van der Waals surface area contributed by atoms with Crippen LogP contribution in [0.4, 0.5) is 23.7 Å². The third-order valence-corrected chi connectivity index (χ3v) is 7.01. The largest absolute Gasteiger partial charge is 0.450 e. The number of carbonyl (C=O) groups excluding carboxylic acids is 3. The summed E-state index contributed by atoms with van der Waals surface area (Å²) in [6, 6.07) is 9.70. The Kier molecular flexibility index (Phi) is 7.30. The molecule has 0 spiro atoms. The van der Waals surface area contributed by atoms with Crippen molar-refractivity contribution < 1.29 is 32.3 Å². The van der Waals surface area contributed by atoms with Crippen LogP contribution in [0.25, 0.3) is 6.08 Å². The van der Waals surface area contributed by atoms with Crippen molar-refractivity contribution in [1.82, 2.24) is 9.80 Å². The molecule has 2 heterocycles. The molecule has 4 rings (SSSR count). The predicted molar refractivity (Wildman–Crippen MR) is 130 cm³/mol. The number of piperazine rings is 1. The van der Waals surface area contributed by atoms with Crippen molar-refractivity contribution in [2.75, 3.05) is 44.7 Å². The van der Waals surface area contributed by atoms with Crippen LogP contribution in [0.3, 0.4) is 0 Å². The quantitative estimate of drug-likeness (QED) is 0.549. The van der Waals surface area contributed by atoms with Crippen molar-refractivity contribution in [2.45, 2.75) is 18.0 Å². The first-order chi connectivity index (χ1) is 17.1. The van der Waals surface area contributed by atoms with Crippen LogP contribution in [0.1, 0.15) is 28.4 Å². The molecule has 0 N–H and O–H groups in total. The molecule has 1 fully saturated rings. The number of likely N-dealkylation sites (N-methyl/N-ethyl adjacent to an activating group) is 1. The van der Waals surface area contributed by atoms with Gasteiger partial charge in [-0.1, -0.05) is 23.9 Å². The van der Waals surface area contributed by atoms with Crippen LogP contribution in [-0.2, 0) is 15.7 Å². The summed E-state index contributed by atoms with van der Waals surface area (Å²) in [5.74, 6) is -0.515. The molecule has 0 bridgehead atoms. The molecule has 0 atom stereocenters. The number of rotatable bonds is 3. The summed E-state index contributed by atoms with van der Waals surface area (Å²) in [6.45, 7) is 3.53. The molecule has 7 nitrogen and oxygen atoms in total. The molecule has 0 radical (unpaired) electrons. The van der Waals surface area contributed by atoms with Gasteiger partial charge < -0.3 is 19.4 Å². The number of anilines is 1. The van der Waals surface area contributed by atoms with Crippen LogP contribution < -0.4 is 4.90 Å². The lowest BCUT2D eigenvalue weighted by molar-refractivity contribution is -0.137. The van der Waals surface area contributed by atoms with Crippen molar-refractivity contribution in [1.29, 1.82) is 0 Å². The second kappa shape index (κ2) is 10.3. The van der Waals surface area contributed by atoms with Crippen molar-refractivity contribution >= 4 is 41.4 Å². The fraction of sp³-hybridized carbons (Fsp3) is 0.320. The Hall–Kier alpha value is -3.47. The second-order valence-electron chi connectivity index (χ2n) is 8.26. The molecule has 190 valence electrons. The number of nitrogens with zero attached hydrogens (tertiary/aromatic N) is 3. The molecule has 0 unspecified atom stereocenters. The highest BCUT2D eigenvalue weighted by molar-refractivity contribution is 8.04. The van der Waals surface area contributed by atoms with E-state index in [2.05, 4.69) is 0 Å². The van der Waals surface area contributed by atoms with Crippen molar-refractivity contribution in [2.24, 2.45) is 0 Å². The van der Waals surface area contributed by atoms with Gasteiger partial charge in [0.05, 0.1) is 22.8 Å². The van der Waals surface area contributed by atoms with E-state index in [0.29, 0.717) is 54.5 Å². The Balaban J connectivity index is 1.48. The van der Waals surface area contributed by atoms with Crippen molar-refractivity contribution in [3.05, 3.63) is 64.1 Å². The molecule has 36 heavy (non-hydrogen) atoms. The van der Waals surface area contributed by atoms with Gasteiger partial charge in [-0.15, -0.1) is 0 Å². The van der Waals surface area contributed by atoms with E-state index in [1.807, 2.05) is 0 Å². The van der Waals surface area contributed by atoms with E-state index < -0.39 is 17.8 Å². The lowest BCUT2D eigenvalue weighted by Crippen LogP contribution is -2.50. The molecule has 0 aliphatic carbocycles. The average molecular weight is 520 g/mol. The monoisotopic (exact) mass is 519 g/mol. The topological polar surface area (TPSA) is 70.2 Å². The maximum Gasteiger partial charge on any atom is 0.416 e. The van der Waals surface area contributed by atoms with Crippen LogP contribution in [-0.4, -0.2) is 67.5 Å². The minimum absolute atomic E-state index is 0.196. The van der Waals surface area contributed by atoms with Crippen molar-refractivity contribution in [3.63, 3.8) is 0 Å². The number of hydrogen-bond acceptors (Lipinski definition) is 5.